The summed E-state index contributed by atoms with van der Waals surface area (Å²) >= 11 is 0. The molecule has 176 valence electrons. The Labute approximate surface area is 191 Å². The maximum Gasteiger partial charge on any atom is 0.195 e. The van der Waals surface area contributed by atoms with Gasteiger partial charge in [0, 0.05) is 25.2 Å². The van der Waals surface area contributed by atoms with E-state index in [1.54, 1.807) is 11.0 Å². The molecule has 3 N–H and O–H groups in total. The lowest BCUT2D eigenvalue weighted by Gasteiger charge is -2.31. The van der Waals surface area contributed by atoms with E-state index in [1.807, 2.05) is 64.3 Å². The van der Waals surface area contributed by atoms with Crippen LogP contribution in [0, 0.1) is 0 Å². The van der Waals surface area contributed by atoms with Crippen LogP contribution in [0.5, 0.6) is 5.75 Å². The number of aryl methyl sites for hydroxylation is 1. The molecule has 32 heavy (non-hydrogen) atoms. The standard InChI is InChI=1S/C23H28FN3O.C2H6.CH3F/c1-15(24)18-7-5-17(6-8-18)14-23(16(2)26-22(25)27(3)4)12-11-19-13-20(28)9-10-21(19)23;2*1-2/h5-10,13,15,28H,2,11-12,14H2,1,3-4H3,(H2,25,26);1-2H3;1H3. The summed E-state index contributed by atoms with van der Waals surface area (Å²) in [6.07, 6.45) is 1.36. The van der Waals surface area contributed by atoms with Crippen LogP contribution < -0.4 is 5.73 Å². The van der Waals surface area contributed by atoms with Gasteiger partial charge in [-0.15, -0.1) is 0 Å². The normalized spacial score (nSPS) is 17.8. The fourth-order valence-electron chi connectivity index (χ4n) is 3.92. The number of phenols is 1. The van der Waals surface area contributed by atoms with Crippen molar-refractivity contribution in [3.63, 3.8) is 0 Å². The quantitative estimate of drug-likeness (QED) is 0.448. The van der Waals surface area contributed by atoms with E-state index in [0.29, 0.717) is 30.8 Å². The van der Waals surface area contributed by atoms with Gasteiger partial charge in [-0.25, -0.2) is 9.38 Å². The highest BCUT2D eigenvalue weighted by Gasteiger charge is 2.41. The van der Waals surface area contributed by atoms with Gasteiger partial charge >= 0.3 is 0 Å². The van der Waals surface area contributed by atoms with Crippen LogP contribution in [0.1, 0.15) is 55.6 Å². The van der Waals surface area contributed by atoms with E-state index in [2.05, 4.69) is 11.6 Å². The Morgan fingerprint density at radius 2 is 1.78 bits per heavy atom. The molecular weight excluding hydrogens is 408 g/mol. The molecule has 2 aromatic rings. The first kappa shape index (κ1) is 27.1. The second kappa shape index (κ2) is 12.2. The van der Waals surface area contributed by atoms with E-state index < -0.39 is 11.6 Å². The van der Waals surface area contributed by atoms with Crippen LogP contribution in [0.25, 0.3) is 0 Å². The first-order valence-corrected chi connectivity index (χ1v) is 10.9. The monoisotopic (exact) mass is 445 g/mol. The van der Waals surface area contributed by atoms with Gasteiger partial charge < -0.3 is 15.7 Å². The average molecular weight is 446 g/mol. The van der Waals surface area contributed by atoms with Crippen molar-refractivity contribution in [2.45, 2.75) is 51.6 Å². The number of nitrogens with zero attached hydrogens (tertiary/aromatic N) is 2. The lowest BCUT2D eigenvalue weighted by Crippen LogP contribution is -2.34. The maximum absolute atomic E-state index is 13.6. The molecule has 0 bridgehead atoms. The van der Waals surface area contributed by atoms with E-state index in [-0.39, 0.29) is 5.75 Å². The minimum absolute atomic E-state index is 0.262. The number of allylic oxidation sites excluding steroid dienone is 1. The molecule has 1 aliphatic rings. The zero-order chi connectivity index (χ0) is 24.5. The van der Waals surface area contributed by atoms with Crippen LogP contribution in [0.3, 0.4) is 0 Å². The van der Waals surface area contributed by atoms with Crippen LogP contribution in [0.15, 0.2) is 59.7 Å². The number of benzene rings is 2. The van der Waals surface area contributed by atoms with Crippen molar-refractivity contribution < 1.29 is 13.9 Å². The molecule has 3 rings (SSSR count). The highest BCUT2D eigenvalue weighted by atomic mass is 19.1. The second-order valence-electron chi connectivity index (χ2n) is 7.77. The fraction of sp³-hybridized carbons (Fsp3) is 0.423. The molecule has 2 atom stereocenters. The highest BCUT2D eigenvalue weighted by molar-refractivity contribution is 5.79. The van der Waals surface area contributed by atoms with Crippen molar-refractivity contribution in [2.24, 2.45) is 10.7 Å². The summed E-state index contributed by atoms with van der Waals surface area (Å²) in [5.74, 6) is 0.663. The van der Waals surface area contributed by atoms with Crippen molar-refractivity contribution in [3.05, 3.63) is 77.0 Å². The van der Waals surface area contributed by atoms with E-state index in [0.717, 1.165) is 29.5 Å². The van der Waals surface area contributed by atoms with Gasteiger partial charge in [-0.2, -0.15) is 0 Å². The zero-order valence-electron chi connectivity index (χ0n) is 20.1. The molecule has 2 unspecified atom stereocenters. The Morgan fingerprint density at radius 3 is 2.31 bits per heavy atom. The van der Waals surface area contributed by atoms with Crippen molar-refractivity contribution in [1.29, 1.82) is 0 Å². The number of rotatable bonds is 5. The molecule has 0 aliphatic heterocycles. The number of nitrogens with two attached hydrogens (primary N) is 1. The fourth-order valence-corrected chi connectivity index (χ4v) is 3.92. The van der Waals surface area contributed by atoms with Gasteiger partial charge in [0.1, 0.15) is 11.9 Å². The lowest BCUT2D eigenvalue weighted by atomic mass is 9.74. The number of hydrogen-bond acceptors (Lipinski definition) is 2. The Balaban J connectivity index is 0.00000121. The molecular formula is C26H37F2N3O. The third-order valence-corrected chi connectivity index (χ3v) is 5.63. The summed E-state index contributed by atoms with van der Waals surface area (Å²) in [4.78, 5) is 6.35. The first-order chi connectivity index (χ1) is 15.2. The molecule has 0 fully saturated rings. The third kappa shape index (κ3) is 6.09. The summed E-state index contributed by atoms with van der Waals surface area (Å²) < 4.78 is 23.1. The van der Waals surface area contributed by atoms with Gasteiger partial charge in [0.15, 0.2) is 5.96 Å². The van der Waals surface area contributed by atoms with Gasteiger partial charge in [0.2, 0.25) is 0 Å². The smallest absolute Gasteiger partial charge is 0.195 e. The molecule has 0 radical (unpaired) electrons. The van der Waals surface area contributed by atoms with Crippen LogP contribution in [-0.4, -0.2) is 37.2 Å². The van der Waals surface area contributed by atoms with Crippen LogP contribution >= 0.6 is 0 Å². The minimum Gasteiger partial charge on any atom is -0.508 e. The molecule has 6 heteroatoms. The van der Waals surface area contributed by atoms with Gasteiger partial charge in [-0.05, 0) is 60.6 Å². The molecule has 0 spiro atoms. The number of aliphatic imine (C=N–C) groups is 1. The number of halogens is 2. The molecule has 0 saturated carbocycles. The number of guanidine groups is 1. The topological polar surface area (TPSA) is 61.8 Å². The Hall–Kier alpha value is -2.89. The summed E-state index contributed by atoms with van der Waals surface area (Å²) in [6, 6.07) is 13.1. The maximum atomic E-state index is 13.6. The first-order valence-electron chi connectivity index (χ1n) is 10.9. The molecule has 1 aliphatic carbocycles. The van der Waals surface area contributed by atoms with Gasteiger partial charge in [0.05, 0.1) is 7.18 Å². The summed E-state index contributed by atoms with van der Waals surface area (Å²) in [7, 11) is 4.19. The number of aromatic hydroxyl groups is 1. The second-order valence-corrected chi connectivity index (χ2v) is 7.77. The number of phenolic OH excluding ortho intramolecular Hbond substituents is 1. The van der Waals surface area contributed by atoms with E-state index in [4.69, 9.17) is 5.73 Å². The van der Waals surface area contributed by atoms with Crippen LogP contribution in [0.4, 0.5) is 8.78 Å². The molecule has 0 heterocycles. The lowest BCUT2D eigenvalue weighted by molar-refractivity contribution is 0.374. The molecule has 4 nitrogen and oxygen atoms in total. The van der Waals surface area contributed by atoms with Crippen molar-refractivity contribution >= 4 is 5.96 Å². The predicted octanol–water partition coefficient (Wildman–Crippen LogP) is 5.85. The Kier molecular flexibility index (Phi) is 10.4. The average Bonchev–Trinajstić information content (AvgIpc) is 3.15. The van der Waals surface area contributed by atoms with Crippen molar-refractivity contribution in [3.8, 4) is 5.75 Å². The molecule has 0 amide bonds. The minimum atomic E-state index is -0.988. The molecule has 0 aromatic heterocycles. The predicted molar refractivity (Wildman–Crippen MR) is 131 cm³/mol. The molecule has 2 aromatic carbocycles. The Bertz CT molecular complexity index is 908. The third-order valence-electron chi connectivity index (χ3n) is 5.63. The van der Waals surface area contributed by atoms with E-state index >= 15 is 0 Å². The zero-order valence-corrected chi connectivity index (χ0v) is 20.1. The SMILES string of the molecule is C=C(N=C(N)N(C)C)C1(Cc2ccc(C(C)F)cc2)CCc2cc(O)ccc21.CC.CF. The summed E-state index contributed by atoms with van der Waals surface area (Å²) in [5.41, 5.74) is 10.3. The van der Waals surface area contributed by atoms with Crippen LogP contribution in [0.2, 0.25) is 0 Å². The molecule has 0 saturated heterocycles. The highest BCUT2D eigenvalue weighted by Crippen LogP contribution is 2.47. The van der Waals surface area contributed by atoms with Crippen molar-refractivity contribution in [1.82, 2.24) is 4.90 Å². The number of fused-ring (bicyclic) bond motifs is 1. The van der Waals surface area contributed by atoms with E-state index in [1.165, 1.54) is 6.92 Å². The largest absolute Gasteiger partial charge is 0.508 e. The number of hydrogen-bond donors (Lipinski definition) is 2. The van der Waals surface area contributed by atoms with Gasteiger partial charge in [-0.1, -0.05) is 50.8 Å². The summed E-state index contributed by atoms with van der Waals surface area (Å²) in [5, 5.41) is 9.88. The van der Waals surface area contributed by atoms with Crippen molar-refractivity contribution in [2.75, 3.05) is 21.3 Å². The van der Waals surface area contributed by atoms with E-state index in [9.17, 15) is 13.9 Å². The summed E-state index contributed by atoms with van der Waals surface area (Å²) in [6.45, 7) is 9.82. The Morgan fingerprint density at radius 1 is 1.19 bits per heavy atom. The van der Waals surface area contributed by atoms with Gasteiger partial charge in [-0.3, -0.25) is 4.39 Å². The van der Waals surface area contributed by atoms with Crippen LogP contribution in [-0.2, 0) is 18.3 Å². The van der Waals surface area contributed by atoms with Gasteiger partial charge in [0.25, 0.3) is 0 Å². The number of alkyl halides is 2.